The molecule has 124 heavy (non-hydrogen) atoms. The molecule has 0 spiro atoms. The summed E-state index contributed by atoms with van der Waals surface area (Å²) in [7, 11) is 0. The summed E-state index contributed by atoms with van der Waals surface area (Å²) < 4.78 is 7.84. The Balaban J connectivity index is 0.000000107. The van der Waals surface area contributed by atoms with E-state index in [1.54, 1.807) is 0 Å². The third-order valence-electron chi connectivity index (χ3n) is 24.4. The molecule has 0 aliphatic heterocycles. The van der Waals surface area contributed by atoms with E-state index >= 15 is 0 Å². The molecule has 6 heterocycles. The number of para-hydroxylation sites is 2. The molecule has 0 fully saturated rings. The highest BCUT2D eigenvalue weighted by molar-refractivity contribution is 7.27. The van der Waals surface area contributed by atoms with Gasteiger partial charge in [0, 0.05) is 110 Å². The Morgan fingerprint density at radius 2 is 0.581 bits per heavy atom. The quantitative estimate of drug-likeness (QED) is 0.136. The minimum Gasteiger partial charge on any atom is -0.244 e. The Kier molecular flexibility index (Phi) is 18.4. The van der Waals surface area contributed by atoms with E-state index in [4.69, 9.17) is 29.9 Å². The third kappa shape index (κ3) is 13.4. The average Bonchev–Trinajstić information content (AvgIpc) is 1.56. The van der Waals surface area contributed by atoms with Gasteiger partial charge in [-0.3, -0.25) is 0 Å². The van der Waals surface area contributed by atoms with Gasteiger partial charge < -0.3 is 0 Å². The van der Waals surface area contributed by atoms with Gasteiger partial charge in [-0.15, -0.1) is 34.0 Å². The van der Waals surface area contributed by atoms with Crippen molar-refractivity contribution in [2.75, 3.05) is 0 Å². The average molecular weight is 1640 g/mol. The number of benzene rings is 18. The van der Waals surface area contributed by atoms with Crippen LogP contribution in [-0.2, 0) is 5.41 Å². The highest BCUT2D eigenvalue weighted by Gasteiger charge is 2.37. The van der Waals surface area contributed by atoms with Crippen LogP contribution in [0.5, 0.6) is 0 Å². The number of hydrogen-bond acceptors (Lipinski definition) is 9. The number of hydrogen-bond donors (Lipinski definition) is 0. The molecular formula is C115H74N6S3. The fourth-order valence-corrected chi connectivity index (χ4v) is 21.6. The number of rotatable bonds is 10. The van der Waals surface area contributed by atoms with Crippen LogP contribution in [0, 0.1) is 0 Å². The van der Waals surface area contributed by atoms with E-state index in [0.29, 0.717) is 0 Å². The van der Waals surface area contributed by atoms with Crippen LogP contribution in [-0.4, -0.2) is 29.9 Å². The van der Waals surface area contributed by atoms with Gasteiger partial charge in [0.05, 0.1) is 44.8 Å². The molecule has 1 aliphatic rings. The van der Waals surface area contributed by atoms with Gasteiger partial charge in [-0.2, -0.15) is 0 Å². The van der Waals surface area contributed by atoms with Gasteiger partial charge in [0.1, 0.15) is 0 Å². The smallest absolute Gasteiger partial charge is 0.160 e. The van der Waals surface area contributed by atoms with Crippen molar-refractivity contribution >= 4 is 138 Å². The summed E-state index contributed by atoms with van der Waals surface area (Å²) in [6, 6.07) is 147. The summed E-state index contributed by atoms with van der Waals surface area (Å²) in [4.78, 5) is 30.7. The lowest BCUT2D eigenvalue weighted by molar-refractivity contribution is 0.661. The Morgan fingerprint density at radius 3 is 1.15 bits per heavy atom. The minimum atomic E-state index is -0.124. The van der Waals surface area contributed by atoms with Crippen LogP contribution < -0.4 is 0 Å². The van der Waals surface area contributed by atoms with E-state index in [1.807, 2.05) is 94.7 Å². The van der Waals surface area contributed by atoms with E-state index in [1.165, 1.54) is 127 Å². The van der Waals surface area contributed by atoms with E-state index in [9.17, 15) is 0 Å². The molecule has 0 amide bonds. The molecule has 0 N–H and O–H groups in total. The zero-order valence-electron chi connectivity index (χ0n) is 67.7. The van der Waals surface area contributed by atoms with Gasteiger partial charge in [-0.1, -0.05) is 329 Å². The standard InChI is InChI=1S/C39H26N2S.2C38H24N2S/c1-39(2)31-22-25(18-19-26(31)30-20-23-10-3-4-11-24(23)21-32(30)39)36-37(41-34-16-7-6-15-33(34)40-36)29-14-9-13-28-27-12-5-8-17-35(27)42-38(28)29;1-3-10-25(11-4-1)37-33-23-29(19-21-34(33)39-38(40-37)26-12-5-2-6-13-26)27-14-9-15-28(22-27)30-18-20-32-31-16-7-8-17-35(31)41-36(32)24-30;1-3-10-25(11-4-1)37-33-21-19-29(23-34(33)39-38(40-37)26-12-5-2-6-13-26)27-14-9-15-28(22-27)30-18-20-32-31-16-7-8-17-35(31)41-36(32)24-30/h3-22H,1-2H3;2*1-24H. The summed E-state index contributed by atoms with van der Waals surface area (Å²) in [6.45, 7) is 4.70. The van der Waals surface area contributed by atoms with Crippen LogP contribution in [0.4, 0.5) is 0 Å². The van der Waals surface area contributed by atoms with Gasteiger partial charge in [-0.05, 0) is 175 Å². The molecule has 0 bridgehead atoms. The number of fused-ring (bicyclic) bond motifs is 16. The van der Waals surface area contributed by atoms with Crippen molar-refractivity contribution in [2.24, 2.45) is 0 Å². The van der Waals surface area contributed by atoms with Crippen LogP contribution >= 0.6 is 34.0 Å². The van der Waals surface area contributed by atoms with Crippen molar-refractivity contribution in [3.05, 3.63) is 424 Å². The van der Waals surface area contributed by atoms with Crippen LogP contribution in [0.3, 0.4) is 0 Å². The minimum absolute atomic E-state index is 0.124. The van der Waals surface area contributed by atoms with Gasteiger partial charge in [-0.25, -0.2) is 29.9 Å². The molecule has 0 atom stereocenters. The largest absolute Gasteiger partial charge is 0.244 e. The fraction of sp³-hybridized carbons (Fsp3) is 0.0261. The summed E-state index contributed by atoms with van der Waals surface area (Å²) in [6.07, 6.45) is 0. The topological polar surface area (TPSA) is 77.3 Å². The molecule has 6 nitrogen and oxygen atoms in total. The van der Waals surface area contributed by atoms with Gasteiger partial charge in [0.2, 0.25) is 0 Å². The Labute approximate surface area is 728 Å². The molecule has 24 aromatic rings. The predicted octanol–water partition coefficient (Wildman–Crippen LogP) is 32.1. The molecule has 0 radical (unpaired) electrons. The molecule has 18 aromatic carbocycles. The van der Waals surface area contributed by atoms with Crippen molar-refractivity contribution in [2.45, 2.75) is 19.3 Å². The van der Waals surface area contributed by atoms with Gasteiger partial charge in [0.25, 0.3) is 0 Å². The van der Waals surface area contributed by atoms with Crippen LogP contribution in [0.15, 0.2) is 413 Å². The first-order valence-corrected chi connectivity index (χ1v) is 44.4. The maximum Gasteiger partial charge on any atom is 0.160 e. The lowest BCUT2D eigenvalue weighted by Gasteiger charge is -2.22. The van der Waals surface area contributed by atoms with Crippen LogP contribution in [0.1, 0.15) is 25.0 Å². The Morgan fingerprint density at radius 1 is 0.185 bits per heavy atom. The normalized spacial score (nSPS) is 12.2. The van der Waals surface area contributed by atoms with Gasteiger partial charge >= 0.3 is 0 Å². The Bertz CT molecular complexity index is 8340. The second kappa shape index (κ2) is 30.9. The first kappa shape index (κ1) is 74.0. The second-order valence-electron chi connectivity index (χ2n) is 32.3. The monoisotopic (exact) mass is 1630 g/mol. The van der Waals surface area contributed by atoms with E-state index in [-0.39, 0.29) is 5.41 Å². The number of aromatic nitrogens is 6. The van der Waals surface area contributed by atoms with Crippen molar-refractivity contribution in [1.82, 2.24) is 29.9 Å². The van der Waals surface area contributed by atoms with Crippen molar-refractivity contribution in [1.29, 1.82) is 0 Å². The molecule has 582 valence electrons. The molecule has 1 aliphatic carbocycles. The first-order valence-electron chi connectivity index (χ1n) is 41.9. The maximum atomic E-state index is 5.29. The molecule has 25 rings (SSSR count). The molecule has 0 saturated carbocycles. The lowest BCUT2D eigenvalue weighted by Crippen LogP contribution is -2.15. The molecule has 0 unspecified atom stereocenters. The summed E-state index contributed by atoms with van der Waals surface area (Å²) in [5.74, 6) is 1.47. The van der Waals surface area contributed by atoms with Gasteiger partial charge in [0.15, 0.2) is 11.6 Å². The second-order valence-corrected chi connectivity index (χ2v) is 35.5. The highest BCUT2D eigenvalue weighted by atomic mass is 32.1. The first-order chi connectivity index (χ1) is 61.2. The van der Waals surface area contributed by atoms with Crippen LogP contribution in [0.2, 0.25) is 0 Å². The summed E-state index contributed by atoms with van der Waals surface area (Å²) in [5, 5.41) is 12.5. The van der Waals surface area contributed by atoms with E-state index in [2.05, 4.69) is 366 Å². The Hall–Kier alpha value is -15.1. The molecule has 0 saturated heterocycles. The van der Waals surface area contributed by atoms with Crippen molar-refractivity contribution in [3.8, 4) is 123 Å². The van der Waals surface area contributed by atoms with Crippen molar-refractivity contribution < 1.29 is 0 Å². The van der Waals surface area contributed by atoms with E-state index in [0.717, 1.165) is 112 Å². The molecular weight excluding hydrogens is 1560 g/mol. The zero-order chi connectivity index (χ0) is 82.4. The summed E-state index contributed by atoms with van der Waals surface area (Å²) >= 11 is 5.55. The number of nitrogens with zero attached hydrogens (tertiary/aromatic N) is 6. The fourth-order valence-electron chi connectivity index (χ4n) is 18.1. The van der Waals surface area contributed by atoms with Crippen LogP contribution in [0.25, 0.3) is 228 Å². The lowest BCUT2D eigenvalue weighted by atomic mass is 9.81. The number of thiophene rings is 3. The molecule has 6 aromatic heterocycles. The predicted molar refractivity (Wildman–Crippen MR) is 527 cm³/mol. The maximum absolute atomic E-state index is 5.29. The molecule has 9 heteroatoms. The van der Waals surface area contributed by atoms with E-state index < -0.39 is 0 Å². The highest BCUT2D eigenvalue weighted by Crippen LogP contribution is 2.53. The zero-order valence-corrected chi connectivity index (χ0v) is 70.1. The SMILES string of the molecule is CC1(C)c2cc(-c3nc4ccccc4nc3-c3cccc4c3sc3ccccc34)ccc2-c2cc3ccccc3cc21.c1ccc(-c2nc(-c3ccccc3)c3cc(-c4cccc(-c5ccc6c(c5)sc5ccccc56)c4)ccc3n2)cc1.c1ccc(-c2nc(-c3ccccc3)c3ccc(-c4cccc(-c5ccc6c(c5)sc5ccccc56)c4)cc3n2)cc1. The summed E-state index contributed by atoms with van der Waals surface area (Å²) in [5.41, 5.74) is 28.6. The third-order valence-corrected chi connectivity index (χ3v) is 27.9. The van der Waals surface area contributed by atoms with Crippen molar-refractivity contribution in [3.63, 3.8) is 0 Å².